The predicted molar refractivity (Wildman–Crippen MR) is 57.3 cm³/mol. The van der Waals surface area contributed by atoms with E-state index in [1.807, 2.05) is 37.3 Å². The molecular formula is C12H13N2ORb. The van der Waals surface area contributed by atoms with Crippen LogP contribution in [0, 0.1) is 0 Å². The maximum Gasteiger partial charge on any atom is 1.00 e. The van der Waals surface area contributed by atoms with Gasteiger partial charge in [-0.1, -0.05) is 49.8 Å². The summed E-state index contributed by atoms with van der Waals surface area (Å²) in [7, 11) is 0. The van der Waals surface area contributed by atoms with Crippen LogP contribution in [-0.2, 0) is 5.60 Å². The zero-order valence-corrected chi connectivity index (χ0v) is 14.5. The van der Waals surface area contributed by atoms with Crippen molar-refractivity contribution in [3.05, 3.63) is 54.1 Å². The molecule has 1 atom stereocenters. The molecule has 3 nitrogen and oxygen atoms in total. The third kappa shape index (κ3) is 2.71. The number of nitrogens with zero attached hydrogens (tertiary/aromatic N) is 2. The number of aromatic nitrogens is 2. The summed E-state index contributed by atoms with van der Waals surface area (Å²) in [6, 6.07) is 9.55. The van der Waals surface area contributed by atoms with Gasteiger partial charge in [0.05, 0.1) is 0 Å². The van der Waals surface area contributed by atoms with E-state index in [1.54, 1.807) is 6.20 Å². The predicted octanol–water partition coefficient (Wildman–Crippen LogP) is -1.31. The fourth-order valence-corrected chi connectivity index (χ4v) is 1.69. The monoisotopic (exact) mass is 286 g/mol. The van der Waals surface area contributed by atoms with Crippen LogP contribution in [0.4, 0.5) is 0 Å². The molecule has 1 unspecified atom stereocenters. The number of imidazole rings is 1. The van der Waals surface area contributed by atoms with E-state index in [-0.39, 0.29) is 58.2 Å². The van der Waals surface area contributed by atoms with Gasteiger partial charge in [-0.05, 0) is 17.7 Å². The number of hydrogen-bond acceptors (Lipinski definition) is 2. The van der Waals surface area contributed by atoms with Crippen molar-refractivity contribution in [1.29, 1.82) is 0 Å². The van der Waals surface area contributed by atoms with Gasteiger partial charge in [0.15, 0.2) is 0 Å². The van der Waals surface area contributed by atoms with Crippen LogP contribution in [0.2, 0.25) is 0 Å². The summed E-state index contributed by atoms with van der Waals surface area (Å²) in [6.07, 6.45) is 3.64. The zero-order chi connectivity index (χ0) is 10.7. The summed E-state index contributed by atoms with van der Waals surface area (Å²) in [5, 5.41) is 10.5. The second-order valence-electron chi connectivity index (χ2n) is 3.49. The fourth-order valence-electron chi connectivity index (χ4n) is 1.69. The first-order chi connectivity index (χ1) is 7.27. The zero-order valence-electron chi connectivity index (χ0n) is 9.59. The molecule has 0 bridgehead atoms. The second kappa shape index (κ2) is 6.22. The molecule has 0 fully saturated rings. The molecular weight excluding hydrogens is 274 g/mol. The van der Waals surface area contributed by atoms with Crippen LogP contribution in [0.25, 0.3) is 0 Å². The maximum atomic E-state index is 10.5. The number of aliphatic hydroxyl groups is 1. The van der Waals surface area contributed by atoms with E-state index in [9.17, 15) is 5.11 Å². The molecule has 0 saturated heterocycles. The molecule has 0 aliphatic carbocycles. The van der Waals surface area contributed by atoms with Gasteiger partial charge in [-0.2, -0.15) is 0 Å². The SMILES string of the molecule is CCC(O)(c1ccccc1)c1c[n-]cn1.[Rb+]. The molecule has 78 valence electrons. The second-order valence-corrected chi connectivity index (χ2v) is 3.49. The number of hydrogen-bond donors (Lipinski definition) is 1. The molecule has 1 aromatic heterocycles. The maximum absolute atomic E-state index is 10.5. The van der Waals surface area contributed by atoms with Gasteiger partial charge in [-0.25, -0.2) is 0 Å². The van der Waals surface area contributed by atoms with Gasteiger partial charge in [0, 0.05) is 0 Å². The minimum atomic E-state index is -1.02. The third-order valence-electron chi connectivity index (χ3n) is 2.65. The van der Waals surface area contributed by atoms with Crippen molar-refractivity contribution >= 4 is 0 Å². The Balaban J connectivity index is 0.00000128. The van der Waals surface area contributed by atoms with Crippen LogP contribution in [0.5, 0.6) is 0 Å². The third-order valence-corrected chi connectivity index (χ3v) is 2.65. The molecule has 0 saturated carbocycles. The van der Waals surface area contributed by atoms with E-state index < -0.39 is 5.60 Å². The van der Waals surface area contributed by atoms with E-state index >= 15 is 0 Å². The smallest absolute Gasteiger partial charge is 0.449 e. The first kappa shape index (κ1) is 14.3. The Morgan fingerprint density at radius 1 is 1.31 bits per heavy atom. The molecule has 1 heterocycles. The van der Waals surface area contributed by atoms with Gasteiger partial charge in [-0.3, -0.25) is 0 Å². The summed E-state index contributed by atoms with van der Waals surface area (Å²) >= 11 is 0. The normalized spacial score (nSPS) is 13.9. The van der Waals surface area contributed by atoms with Crippen molar-refractivity contribution in [2.24, 2.45) is 0 Å². The van der Waals surface area contributed by atoms with Gasteiger partial charge in [0.1, 0.15) is 5.60 Å². The van der Waals surface area contributed by atoms with Gasteiger partial charge >= 0.3 is 58.2 Å². The van der Waals surface area contributed by atoms with Crippen LogP contribution >= 0.6 is 0 Å². The molecule has 2 rings (SSSR count). The first-order valence-corrected chi connectivity index (χ1v) is 4.98. The largest absolute Gasteiger partial charge is 1.00 e. The van der Waals surface area contributed by atoms with Crippen molar-refractivity contribution in [1.82, 2.24) is 9.97 Å². The molecule has 0 aliphatic rings. The Hall–Kier alpha value is 0.195. The number of benzene rings is 1. The van der Waals surface area contributed by atoms with Crippen LogP contribution < -0.4 is 63.2 Å². The van der Waals surface area contributed by atoms with E-state index in [2.05, 4.69) is 9.97 Å². The molecule has 4 heteroatoms. The molecule has 0 radical (unpaired) electrons. The summed E-state index contributed by atoms with van der Waals surface area (Å²) in [4.78, 5) is 7.97. The van der Waals surface area contributed by atoms with Crippen molar-refractivity contribution in [3.63, 3.8) is 0 Å². The molecule has 2 aromatic rings. The molecule has 0 spiro atoms. The Morgan fingerprint density at radius 2 is 2.00 bits per heavy atom. The van der Waals surface area contributed by atoms with Gasteiger partial charge < -0.3 is 15.1 Å². The first-order valence-electron chi connectivity index (χ1n) is 4.98. The van der Waals surface area contributed by atoms with Crippen LogP contribution in [0.15, 0.2) is 42.9 Å². The Kier molecular flexibility index (Phi) is 5.54. The Morgan fingerprint density at radius 3 is 2.50 bits per heavy atom. The van der Waals surface area contributed by atoms with Crippen LogP contribution in [0.1, 0.15) is 24.6 Å². The van der Waals surface area contributed by atoms with Crippen molar-refractivity contribution in [2.45, 2.75) is 18.9 Å². The summed E-state index contributed by atoms with van der Waals surface area (Å²) in [5.41, 5.74) is 0.446. The van der Waals surface area contributed by atoms with Crippen molar-refractivity contribution < 1.29 is 63.3 Å². The molecule has 1 N–H and O–H groups in total. The Bertz CT molecular complexity index is 416. The topological polar surface area (TPSA) is 47.2 Å². The fraction of sp³-hybridized carbons (Fsp3) is 0.250. The molecule has 1 aromatic carbocycles. The molecule has 0 aliphatic heterocycles. The minimum absolute atomic E-state index is 0. The summed E-state index contributed by atoms with van der Waals surface area (Å²) in [5.74, 6) is 0. The van der Waals surface area contributed by atoms with Gasteiger partial charge in [0.2, 0.25) is 0 Å². The van der Waals surface area contributed by atoms with Crippen molar-refractivity contribution in [3.8, 4) is 0 Å². The summed E-state index contributed by atoms with van der Waals surface area (Å²) in [6.45, 7) is 1.93. The van der Waals surface area contributed by atoms with Gasteiger partial charge in [-0.15, -0.1) is 0 Å². The average Bonchev–Trinajstić information content (AvgIpc) is 2.83. The minimum Gasteiger partial charge on any atom is -0.449 e. The summed E-state index contributed by atoms with van der Waals surface area (Å²) < 4.78 is 0. The molecule has 0 amide bonds. The average molecular weight is 287 g/mol. The van der Waals surface area contributed by atoms with E-state index in [0.717, 1.165) is 5.56 Å². The van der Waals surface area contributed by atoms with E-state index in [4.69, 9.17) is 0 Å². The van der Waals surface area contributed by atoms with E-state index in [1.165, 1.54) is 6.33 Å². The Labute approximate surface area is 144 Å². The molecule has 16 heavy (non-hydrogen) atoms. The standard InChI is InChI=1S/C12H13N2O.Rb/c1-2-12(15,11-8-13-9-14-11)10-6-4-3-5-7-10;/h3-9,15H,2H2,1H3;/q-1;+1. The van der Waals surface area contributed by atoms with Crippen LogP contribution in [0.3, 0.4) is 0 Å². The number of rotatable bonds is 3. The van der Waals surface area contributed by atoms with Gasteiger partial charge in [0.25, 0.3) is 0 Å². The van der Waals surface area contributed by atoms with Crippen LogP contribution in [-0.4, -0.2) is 10.1 Å². The van der Waals surface area contributed by atoms with E-state index in [0.29, 0.717) is 12.1 Å². The van der Waals surface area contributed by atoms with Crippen molar-refractivity contribution in [2.75, 3.05) is 0 Å². The quantitative estimate of drug-likeness (QED) is 0.762.